The third-order valence-electron chi connectivity index (χ3n) is 7.04. The topological polar surface area (TPSA) is 99.3 Å². The Morgan fingerprint density at radius 1 is 0.971 bits per heavy atom. The number of carbonyl (C=O) groups excluding carboxylic acids is 2. The van der Waals surface area contributed by atoms with E-state index in [1.807, 2.05) is 23.1 Å². The number of sulfonamides is 1. The first-order valence-corrected chi connectivity index (χ1v) is 13.5. The smallest absolute Gasteiger partial charge is 0.265 e. The molecule has 186 valence electrons. The quantitative estimate of drug-likeness (QED) is 0.694. The van der Waals surface area contributed by atoms with E-state index in [-0.39, 0.29) is 22.6 Å². The van der Waals surface area contributed by atoms with Gasteiger partial charge in [0.25, 0.3) is 5.91 Å². The average Bonchev–Trinajstić information content (AvgIpc) is 2.89. The Labute approximate surface area is 205 Å². The molecule has 0 bridgehead atoms. The molecule has 0 aliphatic carbocycles. The number of rotatable bonds is 4. The number of fused-ring (bicyclic) bond motifs is 1. The van der Waals surface area contributed by atoms with E-state index in [1.165, 1.54) is 22.1 Å². The molecule has 2 saturated heterocycles. The van der Waals surface area contributed by atoms with Crippen molar-refractivity contribution >= 4 is 33.2 Å². The first kappa shape index (κ1) is 23.6. The van der Waals surface area contributed by atoms with Crippen LogP contribution in [0.5, 0.6) is 5.75 Å². The van der Waals surface area contributed by atoms with Gasteiger partial charge in [0.05, 0.1) is 10.6 Å². The molecule has 3 heterocycles. The fraction of sp³-hybridized carbons (Fsp3) is 0.440. The summed E-state index contributed by atoms with van der Waals surface area (Å²) in [6.07, 6.45) is 0.376. The van der Waals surface area contributed by atoms with Crippen molar-refractivity contribution in [3.05, 3.63) is 48.5 Å². The first-order valence-electron chi connectivity index (χ1n) is 12.0. The van der Waals surface area contributed by atoms with Gasteiger partial charge in [-0.2, -0.15) is 4.31 Å². The monoisotopic (exact) mass is 498 g/mol. The number of carbonyl (C=O) groups is 2. The fourth-order valence-electron chi connectivity index (χ4n) is 4.92. The van der Waals surface area contributed by atoms with Gasteiger partial charge in [-0.05, 0) is 50.1 Å². The summed E-state index contributed by atoms with van der Waals surface area (Å²) in [5.41, 5.74) is 1.52. The molecule has 2 aromatic carbocycles. The van der Waals surface area contributed by atoms with Crippen LogP contribution in [0.4, 0.5) is 11.4 Å². The van der Waals surface area contributed by atoms with Gasteiger partial charge in [0, 0.05) is 50.9 Å². The van der Waals surface area contributed by atoms with Crippen molar-refractivity contribution in [3.8, 4) is 5.75 Å². The molecular weight excluding hydrogens is 468 g/mol. The summed E-state index contributed by atoms with van der Waals surface area (Å²) in [6.45, 7) is 5.15. The van der Waals surface area contributed by atoms with Crippen LogP contribution in [-0.4, -0.2) is 74.8 Å². The van der Waals surface area contributed by atoms with E-state index in [2.05, 4.69) is 22.3 Å². The standard InChI is InChI=1S/C25H30N4O5S/c1-18-24(30)26-22-17-21(7-8-23(22)34-18)35(32,33)29-11-9-19(10-12-29)25(31)28-15-13-27(14-16-28)20-5-3-2-4-6-20/h2-8,17-19H,9-16H2,1H3,(H,26,30)/t18-/m1/s1. The molecule has 10 heteroatoms. The molecule has 2 fully saturated rings. The van der Waals surface area contributed by atoms with Crippen LogP contribution < -0.4 is 15.0 Å². The van der Waals surface area contributed by atoms with E-state index in [1.54, 1.807) is 13.0 Å². The summed E-state index contributed by atoms with van der Waals surface area (Å²) < 4.78 is 33.4. The molecule has 0 unspecified atom stereocenters. The van der Waals surface area contributed by atoms with E-state index in [9.17, 15) is 18.0 Å². The second-order valence-electron chi connectivity index (χ2n) is 9.23. The second-order valence-corrected chi connectivity index (χ2v) is 11.2. The number of benzene rings is 2. The zero-order valence-corrected chi connectivity index (χ0v) is 20.5. The van der Waals surface area contributed by atoms with Gasteiger partial charge >= 0.3 is 0 Å². The van der Waals surface area contributed by atoms with Crippen molar-refractivity contribution in [2.75, 3.05) is 49.5 Å². The lowest BCUT2D eigenvalue weighted by atomic mass is 9.96. The third kappa shape index (κ3) is 4.72. The summed E-state index contributed by atoms with van der Waals surface area (Å²) >= 11 is 0. The van der Waals surface area contributed by atoms with Crippen molar-refractivity contribution in [1.82, 2.24) is 9.21 Å². The number of para-hydroxylation sites is 1. The summed E-state index contributed by atoms with van der Waals surface area (Å²) in [5.74, 6) is 0.101. The fourth-order valence-corrected chi connectivity index (χ4v) is 6.42. The number of anilines is 2. The van der Waals surface area contributed by atoms with Crippen LogP contribution in [0.3, 0.4) is 0 Å². The van der Waals surface area contributed by atoms with Gasteiger partial charge in [0.2, 0.25) is 15.9 Å². The van der Waals surface area contributed by atoms with Crippen LogP contribution in [0.15, 0.2) is 53.4 Å². The molecule has 1 N–H and O–H groups in total. The molecule has 35 heavy (non-hydrogen) atoms. The van der Waals surface area contributed by atoms with E-state index >= 15 is 0 Å². The van der Waals surface area contributed by atoms with Crippen LogP contribution in [0.1, 0.15) is 19.8 Å². The third-order valence-corrected chi connectivity index (χ3v) is 8.93. The second kappa shape index (κ2) is 9.50. The maximum atomic E-state index is 13.2. The van der Waals surface area contributed by atoms with Gasteiger partial charge in [-0.1, -0.05) is 18.2 Å². The highest BCUT2D eigenvalue weighted by Crippen LogP contribution is 2.34. The van der Waals surface area contributed by atoms with Crippen molar-refractivity contribution in [2.45, 2.75) is 30.8 Å². The van der Waals surface area contributed by atoms with E-state index in [0.717, 1.165) is 13.1 Å². The minimum atomic E-state index is -3.74. The Hall–Kier alpha value is -3.11. The summed E-state index contributed by atoms with van der Waals surface area (Å²) in [5, 5.41) is 2.70. The first-order chi connectivity index (χ1) is 16.8. The Kier molecular flexibility index (Phi) is 6.41. The Balaban J connectivity index is 1.18. The van der Waals surface area contributed by atoms with Gasteiger partial charge in [-0.25, -0.2) is 8.42 Å². The number of nitrogens with one attached hydrogen (secondary N) is 1. The zero-order chi connectivity index (χ0) is 24.6. The van der Waals surface area contributed by atoms with Gasteiger partial charge in [0.1, 0.15) is 5.75 Å². The number of nitrogens with zero attached hydrogens (tertiary/aromatic N) is 3. The lowest BCUT2D eigenvalue weighted by Crippen LogP contribution is -2.52. The van der Waals surface area contributed by atoms with E-state index in [4.69, 9.17) is 4.74 Å². The number of hydrogen-bond donors (Lipinski definition) is 1. The molecule has 0 spiro atoms. The van der Waals surface area contributed by atoms with Crippen molar-refractivity contribution < 1.29 is 22.7 Å². The van der Waals surface area contributed by atoms with Crippen LogP contribution in [0, 0.1) is 5.92 Å². The number of piperidine rings is 1. The lowest BCUT2D eigenvalue weighted by Gasteiger charge is -2.39. The normalized spacial score (nSPS) is 21.7. The van der Waals surface area contributed by atoms with Gasteiger partial charge in [-0.3, -0.25) is 9.59 Å². The molecule has 0 saturated carbocycles. The predicted octanol–water partition coefficient (Wildman–Crippen LogP) is 2.16. The van der Waals surface area contributed by atoms with E-state index < -0.39 is 16.1 Å². The van der Waals surface area contributed by atoms with Gasteiger partial charge in [-0.15, -0.1) is 0 Å². The van der Waals surface area contributed by atoms with Crippen molar-refractivity contribution in [1.29, 1.82) is 0 Å². The molecular formula is C25H30N4O5S. The number of hydrogen-bond acceptors (Lipinski definition) is 6. The van der Waals surface area contributed by atoms with Crippen LogP contribution in [0.25, 0.3) is 0 Å². The molecule has 9 nitrogen and oxygen atoms in total. The molecule has 2 aromatic rings. The molecule has 5 rings (SSSR count). The highest BCUT2D eigenvalue weighted by atomic mass is 32.2. The number of ether oxygens (including phenoxy) is 1. The van der Waals surface area contributed by atoms with Gasteiger partial charge in [0.15, 0.2) is 6.10 Å². The molecule has 2 amide bonds. The molecule has 0 aromatic heterocycles. The Bertz CT molecular complexity index is 1200. The molecule has 1 atom stereocenters. The lowest BCUT2D eigenvalue weighted by molar-refractivity contribution is -0.137. The van der Waals surface area contributed by atoms with E-state index in [0.29, 0.717) is 50.5 Å². The van der Waals surface area contributed by atoms with Crippen LogP contribution in [0.2, 0.25) is 0 Å². The molecule has 3 aliphatic rings. The van der Waals surface area contributed by atoms with Crippen LogP contribution in [-0.2, 0) is 19.6 Å². The zero-order valence-electron chi connectivity index (χ0n) is 19.7. The summed E-state index contributed by atoms with van der Waals surface area (Å²) in [6, 6.07) is 14.7. The minimum absolute atomic E-state index is 0.108. The van der Waals surface area contributed by atoms with Crippen LogP contribution >= 0.6 is 0 Å². The maximum Gasteiger partial charge on any atom is 0.265 e. The number of amides is 2. The number of piperazine rings is 1. The molecule has 3 aliphatic heterocycles. The predicted molar refractivity (Wildman–Crippen MR) is 132 cm³/mol. The maximum absolute atomic E-state index is 13.2. The van der Waals surface area contributed by atoms with Crippen molar-refractivity contribution in [3.63, 3.8) is 0 Å². The average molecular weight is 499 g/mol. The van der Waals surface area contributed by atoms with Crippen molar-refractivity contribution in [2.24, 2.45) is 5.92 Å². The summed E-state index contributed by atoms with van der Waals surface area (Å²) in [7, 11) is -3.74. The highest BCUT2D eigenvalue weighted by Gasteiger charge is 2.35. The highest BCUT2D eigenvalue weighted by molar-refractivity contribution is 7.89. The summed E-state index contributed by atoms with van der Waals surface area (Å²) in [4.78, 5) is 29.3. The Morgan fingerprint density at radius 2 is 1.66 bits per heavy atom. The Morgan fingerprint density at radius 3 is 2.34 bits per heavy atom. The largest absolute Gasteiger partial charge is 0.479 e. The SMILES string of the molecule is C[C@H]1Oc2ccc(S(=O)(=O)N3CCC(C(=O)N4CCN(c5ccccc5)CC4)CC3)cc2NC1=O. The molecule has 0 radical (unpaired) electrons. The minimum Gasteiger partial charge on any atom is -0.479 e. The van der Waals surface area contributed by atoms with Gasteiger partial charge < -0.3 is 19.9 Å².